The fraction of sp³-hybridized carbons (Fsp3) is 0.240. The minimum absolute atomic E-state index is 0.266. The number of carbonyl (C=O) groups excluding carboxylic acids is 1. The fourth-order valence-corrected chi connectivity index (χ4v) is 3.27. The molecular weight excluding hydrogens is 394 g/mol. The van der Waals surface area contributed by atoms with E-state index in [0.29, 0.717) is 42.6 Å². The van der Waals surface area contributed by atoms with Gasteiger partial charge in [0, 0.05) is 6.54 Å². The Morgan fingerprint density at radius 2 is 1.42 bits per heavy atom. The first kappa shape index (κ1) is 22.2. The summed E-state index contributed by atoms with van der Waals surface area (Å²) < 4.78 is 21.9. The van der Waals surface area contributed by atoms with E-state index in [2.05, 4.69) is 5.32 Å². The molecule has 0 atom stereocenters. The Morgan fingerprint density at radius 3 is 2.10 bits per heavy atom. The SMILES string of the molecule is COc1ccc(C(=O)NCc2ccccc2COCc2ccccc2)c(OC)c1OC. The molecular formula is C25H27NO5. The number of amides is 1. The molecule has 6 heteroatoms. The maximum Gasteiger partial charge on any atom is 0.255 e. The van der Waals surface area contributed by atoms with Crippen LogP contribution in [0.3, 0.4) is 0 Å². The maximum absolute atomic E-state index is 12.9. The Labute approximate surface area is 182 Å². The van der Waals surface area contributed by atoms with Gasteiger partial charge < -0.3 is 24.3 Å². The molecule has 3 rings (SSSR count). The standard InChI is InChI=1S/C25H27NO5/c1-28-22-14-13-21(23(29-2)24(22)30-3)25(27)26-15-19-11-7-8-12-20(19)17-31-16-18-9-5-4-6-10-18/h4-14H,15-17H2,1-3H3,(H,26,27). The number of benzene rings is 3. The first-order chi connectivity index (χ1) is 15.2. The number of methoxy groups -OCH3 is 3. The Morgan fingerprint density at radius 1 is 0.742 bits per heavy atom. The molecule has 162 valence electrons. The lowest BCUT2D eigenvalue weighted by atomic mass is 10.1. The lowest BCUT2D eigenvalue weighted by Crippen LogP contribution is -2.24. The van der Waals surface area contributed by atoms with Crippen LogP contribution in [0.2, 0.25) is 0 Å². The van der Waals surface area contributed by atoms with Crippen molar-refractivity contribution in [2.45, 2.75) is 19.8 Å². The quantitative estimate of drug-likeness (QED) is 0.527. The highest BCUT2D eigenvalue weighted by Gasteiger charge is 2.20. The van der Waals surface area contributed by atoms with E-state index in [0.717, 1.165) is 16.7 Å². The molecule has 0 aromatic heterocycles. The van der Waals surface area contributed by atoms with Crippen LogP contribution in [0.25, 0.3) is 0 Å². The van der Waals surface area contributed by atoms with E-state index in [9.17, 15) is 4.79 Å². The van der Waals surface area contributed by atoms with Crippen molar-refractivity contribution >= 4 is 5.91 Å². The molecule has 3 aromatic carbocycles. The molecule has 1 N–H and O–H groups in total. The van der Waals surface area contributed by atoms with E-state index in [1.807, 2.05) is 54.6 Å². The minimum Gasteiger partial charge on any atom is -0.493 e. The summed E-state index contributed by atoms with van der Waals surface area (Å²) in [5.74, 6) is 0.945. The summed E-state index contributed by atoms with van der Waals surface area (Å²) in [7, 11) is 4.54. The molecule has 0 aliphatic carbocycles. The Hall–Kier alpha value is -3.51. The number of ether oxygens (including phenoxy) is 4. The van der Waals surface area contributed by atoms with Crippen LogP contribution in [-0.4, -0.2) is 27.2 Å². The van der Waals surface area contributed by atoms with E-state index in [1.165, 1.54) is 21.3 Å². The van der Waals surface area contributed by atoms with E-state index in [4.69, 9.17) is 18.9 Å². The predicted octanol–water partition coefficient (Wildman–Crippen LogP) is 4.36. The van der Waals surface area contributed by atoms with Crippen LogP contribution >= 0.6 is 0 Å². The highest BCUT2D eigenvalue weighted by molar-refractivity contribution is 5.98. The average molecular weight is 421 g/mol. The molecule has 0 unspecified atom stereocenters. The van der Waals surface area contributed by atoms with Gasteiger partial charge in [0.25, 0.3) is 5.91 Å². The van der Waals surface area contributed by atoms with Crippen molar-refractivity contribution in [2.75, 3.05) is 21.3 Å². The number of rotatable bonds is 10. The molecule has 0 bridgehead atoms. The smallest absolute Gasteiger partial charge is 0.255 e. The van der Waals surface area contributed by atoms with Crippen molar-refractivity contribution in [1.82, 2.24) is 5.32 Å². The van der Waals surface area contributed by atoms with Crippen molar-refractivity contribution in [2.24, 2.45) is 0 Å². The summed E-state index contributed by atoms with van der Waals surface area (Å²) in [6.45, 7) is 1.35. The summed E-state index contributed by atoms with van der Waals surface area (Å²) in [5.41, 5.74) is 3.51. The molecule has 0 spiro atoms. The van der Waals surface area contributed by atoms with Gasteiger partial charge in [0.15, 0.2) is 11.5 Å². The van der Waals surface area contributed by atoms with Gasteiger partial charge in [0.05, 0.1) is 40.1 Å². The monoisotopic (exact) mass is 421 g/mol. The van der Waals surface area contributed by atoms with Gasteiger partial charge in [-0.15, -0.1) is 0 Å². The van der Waals surface area contributed by atoms with Gasteiger partial charge in [-0.05, 0) is 28.8 Å². The van der Waals surface area contributed by atoms with E-state index in [1.54, 1.807) is 12.1 Å². The van der Waals surface area contributed by atoms with Crippen LogP contribution in [0.4, 0.5) is 0 Å². The molecule has 31 heavy (non-hydrogen) atoms. The van der Waals surface area contributed by atoms with Gasteiger partial charge in [-0.2, -0.15) is 0 Å². The van der Waals surface area contributed by atoms with Crippen molar-refractivity contribution in [3.05, 3.63) is 89.0 Å². The highest BCUT2D eigenvalue weighted by Crippen LogP contribution is 2.39. The molecule has 3 aromatic rings. The van der Waals surface area contributed by atoms with Gasteiger partial charge >= 0.3 is 0 Å². The number of hydrogen-bond donors (Lipinski definition) is 1. The summed E-state index contributed by atoms with van der Waals surface area (Å²) in [6.07, 6.45) is 0. The molecule has 0 aliphatic rings. The third-order valence-corrected chi connectivity index (χ3v) is 4.88. The van der Waals surface area contributed by atoms with Gasteiger partial charge in [0.1, 0.15) is 0 Å². The largest absolute Gasteiger partial charge is 0.493 e. The van der Waals surface area contributed by atoms with Crippen molar-refractivity contribution in [3.63, 3.8) is 0 Å². The zero-order valence-corrected chi connectivity index (χ0v) is 18.0. The summed E-state index contributed by atoms with van der Waals surface area (Å²) >= 11 is 0. The molecule has 0 fully saturated rings. The Balaban J connectivity index is 1.67. The normalized spacial score (nSPS) is 10.4. The first-order valence-corrected chi connectivity index (χ1v) is 9.93. The molecule has 0 aliphatic heterocycles. The fourth-order valence-electron chi connectivity index (χ4n) is 3.27. The predicted molar refractivity (Wildman–Crippen MR) is 119 cm³/mol. The molecule has 0 saturated carbocycles. The summed E-state index contributed by atoms with van der Waals surface area (Å²) in [6, 6.07) is 21.3. The van der Waals surface area contributed by atoms with E-state index in [-0.39, 0.29) is 5.91 Å². The Kier molecular flexibility index (Phi) is 7.90. The van der Waals surface area contributed by atoms with Crippen LogP contribution in [-0.2, 0) is 24.5 Å². The second-order valence-corrected chi connectivity index (χ2v) is 6.81. The van der Waals surface area contributed by atoms with Gasteiger partial charge in [-0.1, -0.05) is 54.6 Å². The third kappa shape index (κ3) is 5.55. The average Bonchev–Trinajstić information content (AvgIpc) is 2.82. The molecule has 6 nitrogen and oxygen atoms in total. The number of nitrogens with one attached hydrogen (secondary N) is 1. The van der Waals surface area contributed by atoms with Crippen molar-refractivity contribution < 1.29 is 23.7 Å². The molecule has 0 radical (unpaired) electrons. The second-order valence-electron chi connectivity index (χ2n) is 6.81. The lowest BCUT2D eigenvalue weighted by Gasteiger charge is -2.16. The number of carbonyl (C=O) groups is 1. The third-order valence-electron chi connectivity index (χ3n) is 4.88. The highest BCUT2D eigenvalue weighted by atomic mass is 16.5. The van der Waals surface area contributed by atoms with Crippen LogP contribution < -0.4 is 19.5 Å². The van der Waals surface area contributed by atoms with Crippen LogP contribution in [0.5, 0.6) is 17.2 Å². The number of hydrogen-bond acceptors (Lipinski definition) is 5. The van der Waals surface area contributed by atoms with Crippen LogP contribution in [0.15, 0.2) is 66.7 Å². The van der Waals surface area contributed by atoms with E-state index >= 15 is 0 Å². The van der Waals surface area contributed by atoms with E-state index < -0.39 is 0 Å². The topological polar surface area (TPSA) is 66.0 Å². The van der Waals surface area contributed by atoms with Crippen molar-refractivity contribution in [3.8, 4) is 17.2 Å². The van der Waals surface area contributed by atoms with Gasteiger partial charge in [-0.3, -0.25) is 4.79 Å². The molecule has 1 amide bonds. The minimum atomic E-state index is -0.266. The van der Waals surface area contributed by atoms with Crippen molar-refractivity contribution in [1.29, 1.82) is 0 Å². The molecule has 0 saturated heterocycles. The maximum atomic E-state index is 12.9. The zero-order chi connectivity index (χ0) is 22.1. The molecule has 0 heterocycles. The second kappa shape index (κ2) is 11.0. The summed E-state index contributed by atoms with van der Waals surface area (Å²) in [4.78, 5) is 12.9. The lowest BCUT2D eigenvalue weighted by molar-refractivity contribution is 0.0944. The summed E-state index contributed by atoms with van der Waals surface area (Å²) in [5, 5.41) is 2.96. The van der Waals surface area contributed by atoms with Crippen LogP contribution in [0, 0.1) is 0 Å². The van der Waals surface area contributed by atoms with Gasteiger partial charge in [-0.25, -0.2) is 0 Å². The zero-order valence-electron chi connectivity index (χ0n) is 18.0. The van der Waals surface area contributed by atoms with Gasteiger partial charge in [0.2, 0.25) is 5.75 Å². The Bertz CT molecular complexity index is 1000. The van der Waals surface area contributed by atoms with Crippen LogP contribution in [0.1, 0.15) is 27.0 Å². The first-order valence-electron chi connectivity index (χ1n) is 9.93.